The molecule has 0 aliphatic carbocycles. The van der Waals surface area contributed by atoms with Crippen molar-refractivity contribution in [1.82, 2.24) is 14.8 Å². The number of nitrogens with one attached hydrogen (secondary N) is 1. The first-order chi connectivity index (χ1) is 9.54. The highest BCUT2D eigenvalue weighted by Gasteiger charge is 2.26. The first-order valence-corrected chi connectivity index (χ1v) is 5.94. The maximum Gasteiger partial charge on any atom is 0.375 e. The normalized spacial score (nSPS) is 17.4. The molecule has 1 aliphatic heterocycles. The molecule has 0 spiro atoms. The van der Waals surface area contributed by atoms with Crippen LogP contribution in [0, 0.1) is 11.6 Å². The molecule has 1 aromatic heterocycles. The van der Waals surface area contributed by atoms with Crippen molar-refractivity contribution in [3.63, 3.8) is 0 Å². The molecule has 0 saturated heterocycles. The highest BCUT2D eigenvalue weighted by Crippen LogP contribution is 2.29. The molecule has 2 aromatic rings. The smallest absolute Gasteiger partial charge is 0.375 e. The van der Waals surface area contributed by atoms with E-state index in [0.717, 1.165) is 6.07 Å². The Morgan fingerprint density at radius 1 is 1.35 bits per heavy atom. The maximum absolute atomic E-state index is 13.3. The Bertz CT molecular complexity index is 666. The number of carboxylic acids is 1. The van der Waals surface area contributed by atoms with Gasteiger partial charge in [0.2, 0.25) is 5.95 Å². The average molecular weight is 280 g/mol. The number of fused-ring (bicyclic) bond motifs is 1. The van der Waals surface area contributed by atoms with E-state index in [2.05, 4.69) is 15.4 Å². The molecule has 6 nitrogen and oxygen atoms in total. The van der Waals surface area contributed by atoms with Crippen LogP contribution in [-0.2, 0) is 0 Å². The number of nitrogens with zero attached hydrogens (tertiary/aromatic N) is 3. The van der Waals surface area contributed by atoms with Crippen LogP contribution < -0.4 is 5.32 Å². The monoisotopic (exact) mass is 280 g/mol. The minimum Gasteiger partial charge on any atom is -0.475 e. The second kappa shape index (κ2) is 4.55. The summed E-state index contributed by atoms with van der Waals surface area (Å²) in [6, 6.07) is 2.77. The molecular weight excluding hydrogens is 270 g/mol. The van der Waals surface area contributed by atoms with Gasteiger partial charge in [-0.15, -0.1) is 5.10 Å². The van der Waals surface area contributed by atoms with Crippen LogP contribution in [-0.4, -0.2) is 32.4 Å². The van der Waals surface area contributed by atoms with Crippen LogP contribution >= 0.6 is 0 Å². The van der Waals surface area contributed by atoms with Gasteiger partial charge >= 0.3 is 5.97 Å². The van der Waals surface area contributed by atoms with Gasteiger partial charge in [-0.3, -0.25) is 0 Å². The molecule has 104 valence electrons. The number of hydrogen-bond donors (Lipinski definition) is 2. The molecule has 0 fully saturated rings. The standard InChI is InChI=1S/C12H10F2N4O2/c13-7-3-6(4-8(14)5-7)9-1-2-15-12-16-10(11(19)20)17-18(9)12/h3-5,9H,1-2H2,(H,19,20)(H,15,16,17). The van der Waals surface area contributed by atoms with Crippen molar-refractivity contribution < 1.29 is 18.7 Å². The second-order valence-corrected chi connectivity index (χ2v) is 4.44. The van der Waals surface area contributed by atoms with E-state index < -0.39 is 23.6 Å². The minimum absolute atomic E-state index is 0.281. The van der Waals surface area contributed by atoms with Gasteiger partial charge in [-0.1, -0.05) is 0 Å². The Labute approximate surface area is 112 Å². The highest BCUT2D eigenvalue weighted by molar-refractivity contribution is 5.83. The highest BCUT2D eigenvalue weighted by atomic mass is 19.1. The van der Waals surface area contributed by atoms with Gasteiger partial charge in [0, 0.05) is 12.6 Å². The summed E-state index contributed by atoms with van der Waals surface area (Å²) in [7, 11) is 0. The molecule has 1 aromatic carbocycles. The zero-order valence-corrected chi connectivity index (χ0v) is 10.2. The third-order valence-electron chi connectivity index (χ3n) is 3.09. The molecule has 1 unspecified atom stereocenters. The number of aromatic carboxylic acids is 1. The van der Waals surface area contributed by atoms with E-state index in [0.29, 0.717) is 18.5 Å². The fraction of sp³-hybridized carbons (Fsp3) is 0.250. The number of anilines is 1. The van der Waals surface area contributed by atoms with Crippen molar-refractivity contribution in [2.75, 3.05) is 11.9 Å². The topological polar surface area (TPSA) is 80.0 Å². The summed E-state index contributed by atoms with van der Waals surface area (Å²) in [5.41, 5.74) is 0.395. The molecule has 0 saturated carbocycles. The molecule has 2 N–H and O–H groups in total. The van der Waals surface area contributed by atoms with Crippen LogP contribution in [0.15, 0.2) is 18.2 Å². The van der Waals surface area contributed by atoms with Crippen molar-refractivity contribution in [3.05, 3.63) is 41.2 Å². The summed E-state index contributed by atoms with van der Waals surface area (Å²) in [5.74, 6) is -2.69. The lowest BCUT2D eigenvalue weighted by Crippen LogP contribution is -2.25. The number of halogens is 2. The summed E-state index contributed by atoms with van der Waals surface area (Å²) in [4.78, 5) is 14.7. The van der Waals surface area contributed by atoms with Crippen LogP contribution in [0.4, 0.5) is 14.7 Å². The summed E-state index contributed by atoms with van der Waals surface area (Å²) in [6.45, 7) is 0.514. The van der Waals surface area contributed by atoms with Crippen molar-refractivity contribution in [2.45, 2.75) is 12.5 Å². The number of benzene rings is 1. The van der Waals surface area contributed by atoms with Gasteiger partial charge in [-0.2, -0.15) is 4.98 Å². The number of rotatable bonds is 2. The van der Waals surface area contributed by atoms with E-state index in [1.165, 1.54) is 16.8 Å². The van der Waals surface area contributed by atoms with Gasteiger partial charge in [0.15, 0.2) is 0 Å². The van der Waals surface area contributed by atoms with Crippen molar-refractivity contribution in [1.29, 1.82) is 0 Å². The van der Waals surface area contributed by atoms with E-state index in [9.17, 15) is 13.6 Å². The van der Waals surface area contributed by atoms with Crippen LogP contribution in [0.2, 0.25) is 0 Å². The molecule has 3 rings (SSSR count). The van der Waals surface area contributed by atoms with E-state index in [1.54, 1.807) is 0 Å². The predicted octanol–water partition coefficient (Wildman–Crippen LogP) is 1.66. The Morgan fingerprint density at radius 3 is 2.70 bits per heavy atom. The van der Waals surface area contributed by atoms with Crippen LogP contribution in [0.1, 0.15) is 28.6 Å². The molecule has 20 heavy (non-hydrogen) atoms. The quantitative estimate of drug-likeness (QED) is 0.874. The lowest BCUT2D eigenvalue weighted by atomic mass is 10.0. The van der Waals surface area contributed by atoms with Gasteiger partial charge in [0.1, 0.15) is 11.6 Å². The van der Waals surface area contributed by atoms with E-state index in [4.69, 9.17) is 5.11 Å². The minimum atomic E-state index is -1.25. The van der Waals surface area contributed by atoms with Crippen LogP contribution in [0.5, 0.6) is 0 Å². The van der Waals surface area contributed by atoms with Gasteiger partial charge < -0.3 is 10.4 Å². The Morgan fingerprint density at radius 2 is 2.05 bits per heavy atom. The molecular formula is C12H10F2N4O2. The van der Waals surface area contributed by atoms with Crippen molar-refractivity contribution >= 4 is 11.9 Å². The molecule has 0 bridgehead atoms. The maximum atomic E-state index is 13.3. The Balaban J connectivity index is 2.06. The van der Waals surface area contributed by atoms with Crippen molar-refractivity contribution in [3.8, 4) is 0 Å². The fourth-order valence-electron chi connectivity index (χ4n) is 2.27. The zero-order valence-electron chi connectivity index (χ0n) is 10.2. The van der Waals surface area contributed by atoms with Gasteiger partial charge in [0.25, 0.3) is 5.82 Å². The zero-order chi connectivity index (χ0) is 14.3. The van der Waals surface area contributed by atoms with E-state index in [1.807, 2.05) is 0 Å². The van der Waals surface area contributed by atoms with Crippen molar-refractivity contribution in [2.24, 2.45) is 0 Å². The Hall–Kier alpha value is -2.51. The molecule has 2 heterocycles. The number of aromatic nitrogens is 3. The predicted molar refractivity (Wildman–Crippen MR) is 64.6 cm³/mol. The molecule has 1 atom stereocenters. The average Bonchev–Trinajstić information content (AvgIpc) is 2.81. The second-order valence-electron chi connectivity index (χ2n) is 4.44. The van der Waals surface area contributed by atoms with E-state index >= 15 is 0 Å². The van der Waals surface area contributed by atoms with E-state index in [-0.39, 0.29) is 11.8 Å². The number of carboxylic acid groups (broad SMARTS) is 1. The first-order valence-electron chi connectivity index (χ1n) is 5.94. The molecule has 0 radical (unpaired) electrons. The van der Waals surface area contributed by atoms with Crippen LogP contribution in [0.3, 0.4) is 0 Å². The van der Waals surface area contributed by atoms with Crippen LogP contribution in [0.25, 0.3) is 0 Å². The summed E-state index contributed by atoms with van der Waals surface area (Å²) >= 11 is 0. The summed E-state index contributed by atoms with van der Waals surface area (Å²) in [6.07, 6.45) is 0.526. The Kier molecular flexibility index (Phi) is 2.85. The van der Waals surface area contributed by atoms with Gasteiger partial charge in [0.05, 0.1) is 6.04 Å². The van der Waals surface area contributed by atoms with Gasteiger partial charge in [-0.05, 0) is 24.1 Å². The number of carbonyl (C=O) groups is 1. The largest absolute Gasteiger partial charge is 0.475 e. The fourth-order valence-corrected chi connectivity index (χ4v) is 2.27. The third kappa shape index (κ3) is 2.09. The molecule has 8 heteroatoms. The molecule has 0 amide bonds. The summed E-state index contributed by atoms with van der Waals surface area (Å²) in [5, 5.41) is 15.7. The SMILES string of the molecule is O=C(O)c1nc2n(n1)C(c1cc(F)cc(F)c1)CCN2. The number of hydrogen-bond acceptors (Lipinski definition) is 4. The lowest BCUT2D eigenvalue weighted by molar-refractivity contribution is 0.0683. The van der Waals surface area contributed by atoms with Gasteiger partial charge in [-0.25, -0.2) is 18.3 Å². The third-order valence-corrected chi connectivity index (χ3v) is 3.09. The summed E-state index contributed by atoms with van der Waals surface area (Å²) < 4.78 is 27.9. The lowest BCUT2D eigenvalue weighted by Gasteiger charge is -2.24. The first kappa shape index (κ1) is 12.5. The molecule has 1 aliphatic rings.